The van der Waals surface area contributed by atoms with E-state index in [-0.39, 0.29) is 27.2 Å². The smallest absolute Gasteiger partial charge is 0.234 e. The SMILES string of the molecule is N#Cc1cnc2ccc(-c3cnc(Cl)c(NS(=O)(=O)CCN4CCOCC4)c3)nc2c1Nc1ccc(F)c(Cl)c1. The molecule has 10 nitrogen and oxygen atoms in total. The van der Waals surface area contributed by atoms with E-state index in [9.17, 15) is 18.1 Å². The van der Waals surface area contributed by atoms with E-state index in [2.05, 4.69) is 26.1 Å². The van der Waals surface area contributed by atoms with Crippen molar-refractivity contribution in [3.8, 4) is 17.3 Å². The third-order valence-corrected chi connectivity index (χ3v) is 8.04. The molecule has 0 radical (unpaired) electrons. The van der Waals surface area contributed by atoms with Crippen molar-refractivity contribution in [2.75, 3.05) is 48.6 Å². The topological polar surface area (TPSA) is 133 Å². The maximum Gasteiger partial charge on any atom is 0.234 e. The number of pyridine rings is 3. The van der Waals surface area contributed by atoms with Crippen molar-refractivity contribution in [1.82, 2.24) is 19.9 Å². The van der Waals surface area contributed by atoms with Crippen molar-refractivity contribution in [1.29, 1.82) is 5.26 Å². The second kappa shape index (κ2) is 11.9. The Bertz CT molecular complexity index is 1730. The fourth-order valence-corrected chi connectivity index (χ4v) is 5.59. The third kappa shape index (κ3) is 6.41. The summed E-state index contributed by atoms with van der Waals surface area (Å²) in [7, 11) is -3.72. The van der Waals surface area contributed by atoms with Crippen LogP contribution in [0.4, 0.5) is 21.5 Å². The molecule has 5 rings (SSSR count). The van der Waals surface area contributed by atoms with Gasteiger partial charge in [0.05, 0.1) is 52.1 Å². The monoisotopic (exact) mass is 601 g/mol. The molecular formula is C26H22Cl2FN7O3S. The Balaban J connectivity index is 1.45. The fourth-order valence-electron chi connectivity index (χ4n) is 4.11. The minimum Gasteiger partial charge on any atom is -0.379 e. The van der Waals surface area contributed by atoms with Crippen LogP contribution in [0.25, 0.3) is 22.3 Å². The van der Waals surface area contributed by atoms with Crippen molar-refractivity contribution in [2.24, 2.45) is 0 Å². The number of morpholine rings is 1. The average Bonchev–Trinajstić information content (AvgIpc) is 2.95. The summed E-state index contributed by atoms with van der Waals surface area (Å²) in [6.07, 6.45) is 2.88. The lowest BCUT2D eigenvalue weighted by Crippen LogP contribution is -2.39. The number of aromatic nitrogens is 3. The standard InChI is InChI=1S/C26H22Cl2FN7O3S/c27-19-12-18(1-2-20(19)29)33-24-17(13-30)15-31-22-4-3-21(34-25(22)24)16-11-23(26(28)32-14-16)35-40(37,38)10-7-36-5-8-39-9-6-36/h1-4,11-12,14-15,35H,5-10H2,(H,31,33). The van der Waals surface area contributed by atoms with Crippen molar-refractivity contribution < 1.29 is 17.5 Å². The summed E-state index contributed by atoms with van der Waals surface area (Å²) in [4.78, 5) is 15.2. The van der Waals surface area contributed by atoms with E-state index in [1.807, 2.05) is 4.90 Å². The van der Waals surface area contributed by atoms with E-state index in [1.165, 1.54) is 30.6 Å². The zero-order valence-electron chi connectivity index (χ0n) is 20.9. The summed E-state index contributed by atoms with van der Waals surface area (Å²) in [5.41, 5.74) is 2.89. The molecule has 1 aliphatic heterocycles. The van der Waals surface area contributed by atoms with E-state index >= 15 is 0 Å². The molecule has 0 amide bonds. The van der Waals surface area contributed by atoms with Gasteiger partial charge in [-0.25, -0.2) is 22.8 Å². The van der Waals surface area contributed by atoms with Gasteiger partial charge in [0.15, 0.2) is 5.15 Å². The number of nitriles is 1. The van der Waals surface area contributed by atoms with Crippen molar-refractivity contribution >= 4 is 61.3 Å². The van der Waals surface area contributed by atoms with Crippen LogP contribution in [0, 0.1) is 17.1 Å². The molecule has 0 saturated carbocycles. The molecule has 1 aliphatic rings. The van der Waals surface area contributed by atoms with Crippen LogP contribution >= 0.6 is 23.2 Å². The summed E-state index contributed by atoms with van der Waals surface area (Å²) in [6.45, 7) is 2.86. The van der Waals surface area contributed by atoms with Crippen LogP contribution in [-0.4, -0.2) is 66.9 Å². The normalized spacial score (nSPS) is 14.2. The Morgan fingerprint density at radius 1 is 1.10 bits per heavy atom. The Hall–Kier alpha value is -3.60. The molecule has 0 atom stereocenters. The van der Waals surface area contributed by atoms with E-state index in [0.29, 0.717) is 66.5 Å². The number of anilines is 3. The van der Waals surface area contributed by atoms with E-state index < -0.39 is 15.8 Å². The van der Waals surface area contributed by atoms with Crippen molar-refractivity contribution in [3.05, 3.63) is 70.3 Å². The molecule has 14 heteroatoms. The van der Waals surface area contributed by atoms with E-state index in [0.717, 1.165) is 0 Å². The maximum absolute atomic E-state index is 13.7. The van der Waals surface area contributed by atoms with Gasteiger partial charge in [-0.15, -0.1) is 0 Å². The molecule has 4 heterocycles. The van der Waals surface area contributed by atoms with Gasteiger partial charge >= 0.3 is 0 Å². The van der Waals surface area contributed by atoms with Gasteiger partial charge in [-0.2, -0.15) is 5.26 Å². The Morgan fingerprint density at radius 2 is 1.90 bits per heavy atom. The number of hydrogen-bond donors (Lipinski definition) is 2. The number of benzene rings is 1. The van der Waals surface area contributed by atoms with Gasteiger partial charge < -0.3 is 10.1 Å². The van der Waals surface area contributed by atoms with Gasteiger partial charge in [0.2, 0.25) is 10.0 Å². The lowest BCUT2D eigenvalue weighted by atomic mass is 10.1. The third-order valence-electron chi connectivity index (χ3n) is 6.20. The number of hydrogen-bond acceptors (Lipinski definition) is 9. The van der Waals surface area contributed by atoms with E-state index in [1.54, 1.807) is 18.2 Å². The lowest BCUT2D eigenvalue weighted by Gasteiger charge is -2.26. The van der Waals surface area contributed by atoms with Gasteiger partial charge in [-0.3, -0.25) is 14.6 Å². The predicted molar refractivity (Wildman–Crippen MR) is 152 cm³/mol. The number of fused-ring (bicyclic) bond motifs is 1. The van der Waals surface area contributed by atoms with Crippen LogP contribution in [0.3, 0.4) is 0 Å². The first kappa shape index (κ1) is 27.9. The quantitative estimate of drug-likeness (QED) is 0.272. The number of nitrogens with one attached hydrogen (secondary N) is 2. The van der Waals surface area contributed by atoms with Crippen molar-refractivity contribution in [3.63, 3.8) is 0 Å². The lowest BCUT2D eigenvalue weighted by molar-refractivity contribution is 0.0408. The molecule has 0 unspecified atom stereocenters. The van der Waals surface area contributed by atoms with Crippen molar-refractivity contribution in [2.45, 2.75) is 0 Å². The maximum atomic E-state index is 13.7. The van der Waals surface area contributed by atoms with Crippen LogP contribution in [-0.2, 0) is 14.8 Å². The highest BCUT2D eigenvalue weighted by Gasteiger charge is 2.19. The van der Waals surface area contributed by atoms with Crippen LogP contribution < -0.4 is 10.0 Å². The summed E-state index contributed by atoms with van der Waals surface area (Å²) >= 11 is 12.2. The molecule has 1 fully saturated rings. The summed E-state index contributed by atoms with van der Waals surface area (Å²) < 4.78 is 47.1. The predicted octanol–water partition coefficient (Wildman–Crippen LogP) is 4.83. The van der Waals surface area contributed by atoms with Gasteiger partial charge in [0.1, 0.15) is 17.4 Å². The van der Waals surface area contributed by atoms with Crippen LogP contribution in [0.2, 0.25) is 10.2 Å². The molecule has 206 valence electrons. The first-order chi connectivity index (χ1) is 19.2. The molecule has 1 saturated heterocycles. The molecule has 4 aromatic rings. The van der Waals surface area contributed by atoms with Gasteiger partial charge in [-0.05, 0) is 36.4 Å². The highest BCUT2D eigenvalue weighted by atomic mass is 35.5. The highest BCUT2D eigenvalue weighted by Crippen LogP contribution is 2.32. The molecule has 1 aromatic carbocycles. The number of halogens is 3. The minimum atomic E-state index is -3.72. The average molecular weight is 602 g/mol. The van der Waals surface area contributed by atoms with Gasteiger partial charge in [0.25, 0.3) is 0 Å². The Labute approximate surface area is 239 Å². The molecular weight excluding hydrogens is 580 g/mol. The molecule has 40 heavy (non-hydrogen) atoms. The molecule has 0 spiro atoms. The zero-order chi connectivity index (χ0) is 28.3. The van der Waals surface area contributed by atoms with Crippen LogP contribution in [0.5, 0.6) is 0 Å². The number of nitrogens with zero attached hydrogens (tertiary/aromatic N) is 5. The van der Waals surface area contributed by atoms with Crippen LogP contribution in [0.1, 0.15) is 5.56 Å². The molecule has 3 aromatic heterocycles. The summed E-state index contributed by atoms with van der Waals surface area (Å²) in [6, 6.07) is 11.1. The Kier molecular flexibility index (Phi) is 8.30. The van der Waals surface area contributed by atoms with E-state index in [4.69, 9.17) is 32.9 Å². The second-order valence-corrected chi connectivity index (χ2v) is 11.5. The molecule has 2 N–H and O–H groups in total. The first-order valence-electron chi connectivity index (χ1n) is 12.1. The van der Waals surface area contributed by atoms with Gasteiger partial charge in [0, 0.05) is 43.3 Å². The summed E-state index contributed by atoms with van der Waals surface area (Å²) in [5, 5.41) is 12.7. The largest absolute Gasteiger partial charge is 0.379 e. The fraction of sp³-hybridized carbons (Fsp3) is 0.231. The molecule has 0 aliphatic carbocycles. The second-order valence-electron chi connectivity index (χ2n) is 8.91. The number of ether oxygens (including phenoxy) is 1. The minimum absolute atomic E-state index is 0.0107. The number of sulfonamides is 1. The van der Waals surface area contributed by atoms with Crippen LogP contribution in [0.15, 0.2) is 48.8 Å². The zero-order valence-corrected chi connectivity index (χ0v) is 23.2. The molecule has 0 bridgehead atoms. The highest BCUT2D eigenvalue weighted by molar-refractivity contribution is 7.92. The number of rotatable bonds is 8. The summed E-state index contributed by atoms with van der Waals surface area (Å²) in [5.74, 6) is -0.692. The Morgan fingerprint density at radius 3 is 2.65 bits per heavy atom. The van der Waals surface area contributed by atoms with Gasteiger partial charge in [-0.1, -0.05) is 23.2 Å². The first-order valence-corrected chi connectivity index (χ1v) is 14.5.